The van der Waals surface area contributed by atoms with Crippen LogP contribution in [-0.4, -0.2) is 71.5 Å². The molecule has 2 aromatic heterocycles. The Morgan fingerprint density at radius 3 is 2.53 bits per heavy atom. The van der Waals surface area contributed by atoms with Crippen molar-refractivity contribution in [2.45, 2.75) is 6.42 Å². The molecule has 0 radical (unpaired) electrons. The first-order chi connectivity index (χ1) is 20.9. The topological polar surface area (TPSA) is 84.6 Å². The number of fused-ring (bicyclic) bond motifs is 3. The van der Waals surface area contributed by atoms with Crippen molar-refractivity contribution in [3.05, 3.63) is 93.6 Å². The molecule has 0 atom stereocenters. The van der Waals surface area contributed by atoms with Crippen molar-refractivity contribution in [1.82, 2.24) is 24.6 Å². The number of carbonyl (C=O) groups excluding carboxylic acids is 1. The highest BCUT2D eigenvalue weighted by Crippen LogP contribution is 2.30. The van der Waals surface area contributed by atoms with Gasteiger partial charge in [0.05, 0.1) is 23.5 Å². The van der Waals surface area contributed by atoms with Crippen LogP contribution in [0.1, 0.15) is 16.9 Å². The molecule has 1 aliphatic rings. The summed E-state index contributed by atoms with van der Waals surface area (Å²) in [6.45, 7) is 4.35. The molecule has 11 heteroatoms. The molecule has 1 amide bonds. The van der Waals surface area contributed by atoms with Gasteiger partial charge in [0.2, 0.25) is 0 Å². The minimum Gasteiger partial charge on any atom is -0.495 e. The highest BCUT2D eigenvalue weighted by molar-refractivity contribution is 6.32. The Balaban J connectivity index is 1.21. The summed E-state index contributed by atoms with van der Waals surface area (Å²) < 4.78 is 22.5. The van der Waals surface area contributed by atoms with Gasteiger partial charge in [-0.1, -0.05) is 41.9 Å². The Bertz CT molecular complexity index is 1880. The lowest BCUT2D eigenvalue weighted by molar-refractivity contribution is 0.0946. The van der Waals surface area contributed by atoms with Crippen molar-refractivity contribution in [1.29, 1.82) is 0 Å². The lowest BCUT2D eigenvalue weighted by Gasteiger charge is -2.36. The van der Waals surface area contributed by atoms with Gasteiger partial charge in [0, 0.05) is 56.1 Å². The van der Waals surface area contributed by atoms with E-state index in [4.69, 9.17) is 16.3 Å². The number of benzene rings is 3. The second-order valence-electron chi connectivity index (χ2n) is 10.6. The van der Waals surface area contributed by atoms with E-state index >= 15 is 0 Å². The number of nitrogens with zero attached hydrogens (tertiary/aromatic N) is 5. The van der Waals surface area contributed by atoms with Crippen LogP contribution in [0.5, 0.6) is 5.75 Å². The third-order valence-corrected chi connectivity index (χ3v) is 8.33. The summed E-state index contributed by atoms with van der Waals surface area (Å²) >= 11 is 6.37. The van der Waals surface area contributed by atoms with E-state index in [-0.39, 0.29) is 23.0 Å². The maximum atomic E-state index is 14.2. The molecule has 6 rings (SSSR count). The van der Waals surface area contributed by atoms with Crippen LogP contribution < -0.4 is 20.5 Å². The van der Waals surface area contributed by atoms with Crippen LogP contribution in [-0.2, 0) is 7.05 Å². The van der Waals surface area contributed by atoms with Gasteiger partial charge in [-0.05, 0) is 49.4 Å². The van der Waals surface area contributed by atoms with Crippen molar-refractivity contribution in [2.75, 3.05) is 51.3 Å². The Kier molecular flexibility index (Phi) is 8.05. The summed E-state index contributed by atoms with van der Waals surface area (Å²) in [6, 6.07) is 19.4. The fraction of sp³-hybridized carbons (Fsp3) is 0.281. The number of aryl methyl sites for hydroxylation is 1. The molecule has 0 spiro atoms. The molecule has 3 aromatic carbocycles. The van der Waals surface area contributed by atoms with Crippen LogP contribution in [0.3, 0.4) is 0 Å². The molecule has 5 aromatic rings. The second-order valence-corrected chi connectivity index (χ2v) is 11.0. The smallest absolute Gasteiger partial charge is 0.296 e. The van der Waals surface area contributed by atoms with Gasteiger partial charge in [-0.3, -0.25) is 14.5 Å². The molecule has 0 unspecified atom stereocenters. The third-order valence-electron chi connectivity index (χ3n) is 8.04. The fourth-order valence-corrected chi connectivity index (χ4v) is 6.06. The summed E-state index contributed by atoms with van der Waals surface area (Å²) in [5.74, 6) is -0.0937. The molecule has 222 valence electrons. The van der Waals surface area contributed by atoms with E-state index < -0.39 is 0 Å². The van der Waals surface area contributed by atoms with E-state index in [2.05, 4.69) is 20.2 Å². The highest BCUT2D eigenvalue weighted by Gasteiger charge is 2.24. The number of aromatic nitrogens is 3. The van der Waals surface area contributed by atoms with Crippen LogP contribution in [0.4, 0.5) is 10.1 Å². The van der Waals surface area contributed by atoms with Crippen molar-refractivity contribution in [3.8, 4) is 11.4 Å². The Morgan fingerprint density at radius 2 is 1.79 bits per heavy atom. The maximum absolute atomic E-state index is 14.2. The number of hydrogen-bond acceptors (Lipinski definition) is 6. The zero-order valence-electron chi connectivity index (χ0n) is 24.0. The van der Waals surface area contributed by atoms with Crippen LogP contribution in [0.25, 0.3) is 27.5 Å². The standard InChI is InChI=1S/C32H32ClFN6O3/c1-37-25-10-5-3-8-22(25)28-29(36-40(32(42)30(28)37)21-12-13-27(43-2)23(33)20-21)31(41)35-14-7-15-38-16-18-39(19-17-38)26-11-6-4-9-24(26)34/h3-6,8-13,20H,7,14-19H2,1-2H3,(H,35,41). The maximum Gasteiger partial charge on any atom is 0.296 e. The normalized spacial score (nSPS) is 14.0. The first-order valence-corrected chi connectivity index (χ1v) is 14.6. The summed E-state index contributed by atoms with van der Waals surface area (Å²) in [4.78, 5) is 31.8. The number of nitrogens with one attached hydrogen (secondary N) is 1. The first kappa shape index (κ1) is 28.7. The molecule has 1 saturated heterocycles. The number of piperazine rings is 1. The average molecular weight is 603 g/mol. The Labute approximate surface area is 253 Å². The number of anilines is 1. The van der Waals surface area contributed by atoms with E-state index in [1.54, 1.807) is 28.8 Å². The molecular formula is C32H32ClFN6O3. The number of halogens is 2. The quantitative estimate of drug-likeness (QED) is 0.261. The Hall–Kier alpha value is -4.41. The number of methoxy groups -OCH3 is 1. The van der Waals surface area contributed by atoms with Gasteiger partial charge in [0.25, 0.3) is 11.5 Å². The van der Waals surface area contributed by atoms with Gasteiger partial charge >= 0.3 is 0 Å². The summed E-state index contributed by atoms with van der Waals surface area (Å²) in [7, 11) is 3.33. The summed E-state index contributed by atoms with van der Waals surface area (Å²) in [6.07, 6.45) is 0.734. The fourth-order valence-electron chi connectivity index (χ4n) is 5.81. The number of carbonyl (C=O) groups is 1. The van der Waals surface area contributed by atoms with Gasteiger partial charge in [0.15, 0.2) is 5.69 Å². The third kappa shape index (κ3) is 5.44. The lowest BCUT2D eigenvalue weighted by Crippen LogP contribution is -2.47. The molecule has 9 nitrogen and oxygen atoms in total. The number of amides is 1. The van der Waals surface area contributed by atoms with E-state index in [1.165, 1.54) is 17.9 Å². The number of rotatable bonds is 8. The Morgan fingerprint density at radius 1 is 1.05 bits per heavy atom. The van der Waals surface area contributed by atoms with Crippen LogP contribution >= 0.6 is 11.6 Å². The zero-order valence-corrected chi connectivity index (χ0v) is 24.8. The van der Waals surface area contributed by atoms with Gasteiger partial charge < -0.3 is 19.5 Å². The van der Waals surface area contributed by atoms with E-state index in [0.717, 1.165) is 50.0 Å². The van der Waals surface area contributed by atoms with E-state index in [9.17, 15) is 14.0 Å². The zero-order chi connectivity index (χ0) is 30.1. The molecule has 1 fully saturated rings. The van der Waals surface area contributed by atoms with Crippen LogP contribution in [0.2, 0.25) is 5.02 Å². The molecule has 0 aliphatic carbocycles. The molecule has 1 N–H and O–H groups in total. The predicted molar refractivity (Wildman–Crippen MR) is 167 cm³/mol. The first-order valence-electron chi connectivity index (χ1n) is 14.2. The van der Waals surface area contributed by atoms with Crippen LogP contribution in [0, 0.1) is 5.82 Å². The molecule has 43 heavy (non-hydrogen) atoms. The molecular weight excluding hydrogens is 571 g/mol. The minimum absolute atomic E-state index is 0.164. The summed E-state index contributed by atoms with van der Waals surface area (Å²) in [5.41, 5.74) is 2.07. The molecule has 0 bridgehead atoms. The van der Waals surface area contributed by atoms with Crippen molar-refractivity contribution in [2.24, 2.45) is 7.05 Å². The van der Waals surface area contributed by atoms with Crippen molar-refractivity contribution >= 4 is 45.0 Å². The van der Waals surface area contributed by atoms with Crippen LogP contribution in [0.15, 0.2) is 71.5 Å². The summed E-state index contributed by atoms with van der Waals surface area (Å²) in [5, 5.41) is 9.21. The predicted octanol–water partition coefficient (Wildman–Crippen LogP) is 4.62. The number of hydrogen-bond donors (Lipinski definition) is 1. The van der Waals surface area contributed by atoms with E-state index in [0.29, 0.717) is 39.6 Å². The monoisotopic (exact) mass is 602 g/mol. The van der Waals surface area contributed by atoms with Crippen molar-refractivity contribution in [3.63, 3.8) is 0 Å². The van der Waals surface area contributed by atoms with Crippen molar-refractivity contribution < 1.29 is 13.9 Å². The SMILES string of the molecule is COc1ccc(-n2nc(C(=O)NCCCN3CCN(c4ccccc4F)CC3)c3c4ccccc4n(C)c3c2=O)cc1Cl. The number of para-hydroxylation sites is 2. The lowest BCUT2D eigenvalue weighted by atomic mass is 10.1. The minimum atomic E-state index is -0.362. The average Bonchev–Trinajstić information content (AvgIpc) is 3.33. The van der Waals surface area contributed by atoms with Gasteiger partial charge in [-0.25, -0.2) is 4.39 Å². The van der Waals surface area contributed by atoms with Gasteiger partial charge in [-0.2, -0.15) is 9.78 Å². The molecule has 3 heterocycles. The highest BCUT2D eigenvalue weighted by atomic mass is 35.5. The molecule has 1 aliphatic heterocycles. The van der Waals surface area contributed by atoms with Gasteiger partial charge in [0.1, 0.15) is 17.1 Å². The molecule has 0 saturated carbocycles. The van der Waals surface area contributed by atoms with Gasteiger partial charge in [-0.15, -0.1) is 0 Å². The number of ether oxygens (including phenoxy) is 1. The second kappa shape index (κ2) is 12.1. The van der Waals surface area contributed by atoms with E-state index in [1.807, 2.05) is 43.4 Å². The largest absolute Gasteiger partial charge is 0.495 e.